The van der Waals surface area contributed by atoms with Crippen molar-refractivity contribution in [3.8, 4) is 0 Å². The summed E-state index contributed by atoms with van der Waals surface area (Å²) in [6, 6.07) is 0. The number of aliphatic hydroxyl groups is 2. The summed E-state index contributed by atoms with van der Waals surface area (Å²) < 4.78 is 45.2. The Morgan fingerprint density at radius 3 is 2.40 bits per heavy atom. The second-order valence-electron chi connectivity index (χ2n) is 12.2. The van der Waals surface area contributed by atoms with E-state index in [9.17, 15) is 23.4 Å². The number of rotatable bonds is 8. The summed E-state index contributed by atoms with van der Waals surface area (Å²) >= 11 is 0. The lowest BCUT2D eigenvalue weighted by atomic mass is 9.71. The maximum atomic E-state index is 13.2. The van der Waals surface area contributed by atoms with E-state index in [1.165, 1.54) is 12.5 Å². The molecule has 2 unspecified atom stereocenters. The first-order valence-corrected chi connectivity index (χ1v) is 14.4. The van der Waals surface area contributed by atoms with Crippen LogP contribution in [0.15, 0.2) is 42.5 Å². The van der Waals surface area contributed by atoms with Crippen LogP contribution in [0.25, 0.3) is 5.57 Å². The fourth-order valence-corrected chi connectivity index (χ4v) is 5.02. The number of alkyl halides is 3. The molecule has 0 bridgehead atoms. The molecule has 0 amide bonds. The molecule has 2 atom stereocenters. The van der Waals surface area contributed by atoms with Gasteiger partial charge in [0.05, 0.1) is 31.0 Å². The molecule has 3 rings (SSSR count). The van der Waals surface area contributed by atoms with Gasteiger partial charge < -0.3 is 14.9 Å². The minimum Gasteiger partial charge on any atom is -0.388 e. The van der Waals surface area contributed by atoms with E-state index < -0.39 is 24.0 Å². The fraction of sp³-hybridized carbons (Fsp3) is 0.606. The minimum absolute atomic E-state index is 0.0247. The molecular formula is C33H48F3NO3. The standard InChI is InChI=1S/C28H36F3NO3.C5H12/c1-6-8-19(28(29,30)31)9-7-10-21(33)25-23(18-11-13-35-14-12-18)24-20(32-26(25)17(2)3)15-27(4,5)16-22(24)34;1-4-5(2)3/h6-9,11,17,21-22,33-34H,1,10,12-16H2,2-5H3;5H,4H2,1-3H3/b9-7-,19-8+;. The van der Waals surface area contributed by atoms with Gasteiger partial charge in [-0.1, -0.05) is 91.8 Å². The van der Waals surface area contributed by atoms with Gasteiger partial charge in [0.1, 0.15) is 0 Å². The van der Waals surface area contributed by atoms with Gasteiger partial charge in [-0.25, -0.2) is 0 Å². The summed E-state index contributed by atoms with van der Waals surface area (Å²) in [7, 11) is 0. The van der Waals surface area contributed by atoms with Crippen LogP contribution < -0.4 is 0 Å². The summed E-state index contributed by atoms with van der Waals surface area (Å²) in [6.45, 7) is 19.1. The molecule has 4 nitrogen and oxygen atoms in total. The summed E-state index contributed by atoms with van der Waals surface area (Å²) in [5.41, 5.74) is 3.70. The van der Waals surface area contributed by atoms with Crippen molar-refractivity contribution >= 4 is 5.57 Å². The molecule has 224 valence electrons. The molecule has 0 saturated carbocycles. The van der Waals surface area contributed by atoms with E-state index in [0.29, 0.717) is 38.0 Å². The van der Waals surface area contributed by atoms with Gasteiger partial charge in [-0.15, -0.1) is 0 Å². The lowest BCUT2D eigenvalue weighted by Gasteiger charge is -2.38. The average Bonchev–Trinajstić information content (AvgIpc) is 2.86. The quantitative estimate of drug-likeness (QED) is 0.311. The Balaban J connectivity index is 0.00000103. The van der Waals surface area contributed by atoms with Gasteiger partial charge in [-0.05, 0) is 54.1 Å². The SMILES string of the molecule is C=C/C=C(\C=C/CC(O)c1c(C(C)C)nc2c(c1C1=CCOCC1)C(O)CC(C)(C)C2)C(F)(F)F.CCC(C)C. The number of ether oxygens (including phenoxy) is 1. The largest absolute Gasteiger partial charge is 0.416 e. The molecule has 1 aliphatic carbocycles. The first-order chi connectivity index (χ1) is 18.6. The molecule has 2 heterocycles. The Bertz CT molecular complexity index is 1100. The van der Waals surface area contributed by atoms with Crippen LogP contribution in [0.2, 0.25) is 0 Å². The third-order valence-corrected chi connectivity index (χ3v) is 7.37. The van der Waals surface area contributed by atoms with E-state index in [1.54, 1.807) is 0 Å². The van der Waals surface area contributed by atoms with E-state index in [1.807, 2.05) is 19.9 Å². The Morgan fingerprint density at radius 1 is 1.25 bits per heavy atom. The number of hydrogen-bond acceptors (Lipinski definition) is 4. The zero-order chi connectivity index (χ0) is 30.3. The number of hydrogen-bond donors (Lipinski definition) is 2. The highest BCUT2D eigenvalue weighted by atomic mass is 19.4. The second-order valence-corrected chi connectivity index (χ2v) is 12.2. The van der Waals surface area contributed by atoms with Crippen molar-refractivity contribution in [2.24, 2.45) is 11.3 Å². The first kappa shape index (κ1) is 34.0. The van der Waals surface area contributed by atoms with Crippen molar-refractivity contribution in [1.82, 2.24) is 4.98 Å². The molecule has 1 aromatic heterocycles. The molecule has 40 heavy (non-hydrogen) atoms. The van der Waals surface area contributed by atoms with Gasteiger partial charge in [-0.3, -0.25) is 4.98 Å². The van der Waals surface area contributed by atoms with Crippen molar-refractivity contribution in [2.75, 3.05) is 13.2 Å². The number of allylic oxidation sites excluding steroid dienone is 4. The smallest absolute Gasteiger partial charge is 0.388 e. The summed E-state index contributed by atoms with van der Waals surface area (Å²) in [5, 5.41) is 22.6. The van der Waals surface area contributed by atoms with Crippen molar-refractivity contribution < 1.29 is 28.1 Å². The van der Waals surface area contributed by atoms with Gasteiger partial charge in [0.15, 0.2) is 0 Å². The molecule has 1 aliphatic heterocycles. The molecule has 0 spiro atoms. The highest BCUT2D eigenvalue weighted by molar-refractivity contribution is 5.74. The van der Waals surface area contributed by atoms with Crippen LogP contribution in [-0.4, -0.2) is 34.6 Å². The number of aromatic nitrogens is 1. The van der Waals surface area contributed by atoms with Crippen LogP contribution in [0.4, 0.5) is 13.2 Å². The zero-order valence-corrected chi connectivity index (χ0v) is 25.2. The predicted octanol–water partition coefficient (Wildman–Crippen LogP) is 8.72. The Labute approximate surface area is 238 Å². The van der Waals surface area contributed by atoms with Crippen LogP contribution in [0.3, 0.4) is 0 Å². The number of pyridine rings is 1. The van der Waals surface area contributed by atoms with Crippen molar-refractivity contribution in [3.63, 3.8) is 0 Å². The molecule has 0 saturated heterocycles. The molecule has 0 aromatic carbocycles. The van der Waals surface area contributed by atoms with Crippen LogP contribution in [0, 0.1) is 11.3 Å². The van der Waals surface area contributed by atoms with E-state index in [0.717, 1.165) is 52.2 Å². The summed E-state index contributed by atoms with van der Waals surface area (Å²) in [5.74, 6) is 0.858. The third-order valence-electron chi connectivity index (χ3n) is 7.37. The van der Waals surface area contributed by atoms with Gasteiger partial charge in [0, 0.05) is 22.5 Å². The molecule has 2 aliphatic rings. The van der Waals surface area contributed by atoms with Crippen molar-refractivity contribution in [2.45, 2.75) is 105 Å². The molecule has 2 N–H and O–H groups in total. The lowest BCUT2D eigenvalue weighted by molar-refractivity contribution is -0.0882. The highest BCUT2D eigenvalue weighted by Gasteiger charge is 2.38. The van der Waals surface area contributed by atoms with E-state index >= 15 is 0 Å². The predicted molar refractivity (Wildman–Crippen MR) is 157 cm³/mol. The summed E-state index contributed by atoms with van der Waals surface area (Å²) in [6.07, 6.45) is 3.10. The van der Waals surface area contributed by atoms with Gasteiger partial charge in [0.25, 0.3) is 0 Å². The van der Waals surface area contributed by atoms with Crippen LogP contribution in [0.5, 0.6) is 0 Å². The third kappa shape index (κ3) is 9.15. The molecule has 0 radical (unpaired) electrons. The monoisotopic (exact) mass is 563 g/mol. The van der Waals surface area contributed by atoms with Gasteiger partial charge in [-0.2, -0.15) is 13.2 Å². The lowest BCUT2D eigenvalue weighted by Crippen LogP contribution is -2.30. The Hall–Kier alpha value is -2.22. The van der Waals surface area contributed by atoms with E-state index in [-0.39, 0.29) is 17.8 Å². The molecule has 1 aromatic rings. The molecule has 7 heteroatoms. The van der Waals surface area contributed by atoms with Crippen LogP contribution >= 0.6 is 0 Å². The number of fused-ring (bicyclic) bond motifs is 1. The van der Waals surface area contributed by atoms with Gasteiger partial charge in [0.2, 0.25) is 0 Å². The van der Waals surface area contributed by atoms with Crippen molar-refractivity contribution in [3.05, 3.63) is 70.6 Å². The van der Waals surface area contributed by atoms with E-state index in [2.05, 4.69) is 41.2 Å². The fourth-order valence-electron chi connectivity index (χ4n) is 5.02. The highest BCUT2D eigenvalue weighted by Crippen LogP contribution is 2.47. The topological polar surface area (TPSA) is 62.6 Å². The first-order valence-electron chi connectivity index (χ1n) is 14.4. The molecule has 0 fully saturated rings. The van der Waals surface area contributed by atoms with Crippen LogP contribution in [-0.2, 0) is 11.2 Å². The maximum absolute atomic E-state index is 13.2. The second kappa shape index (κ2) is 14.6. The Morgan fingerprint density at radius 2 is 1.90 bits per heavy atom. The Kier molecular flexibility index (Phi) is 12.4. The average molecular weight is 564 g/mol. The van der Waals surface area contributed by atoms with Crippen LogP contribution in [0.1, 0.15) is 120 Å². The van der Waals surface area contributed by atoms with Crippen molar-refractivity contribution in [1.29, 1.82) is 0 Å². The zero-order valence-electron chi connectivity index (χ0n) is 25.2. The minimum atomic E-state index is -4.51. The number of aliphatic hydroxyl groups excluding tert-OH is 2. The number of nitrogens with zero attached hydrogens (tertiary/aromatic N) is 1. The maximum Gasteiger partial charge on any atom is 0.416 e. The molecular weight excluding hydrogens is 515 g/mol. The van der Waals surface area contributed by atoms with Gasteiger partial charge >= 0.3 is 6.18 Å². The van der Waals surface area contributed by atoms with E-state index in [4.69, 9.17) is 9.72 Å². The summed E-state index contributed by atoms with van der Waals surface area (Å²) in [4.78, 5) is 4.94. The normalized spacial score (nSPS) is 20.2. The number of halogens is 3.